The average molecular weight is 262 g/mol. The van der Waals surface area contributed by atoms with Crippen LogP contribution in [0.15, 0.2) is 24.3 Å². The smallest absolute Gasteiger partial charge is 0.160 e. The van der Waals surface area contributed by atoms with Gasteiger partial charge in [-0.2, -0.15) is 0 Å². The monoisotopic (exact) mass is 262 g/mol. The first kappa shape index (κ1) is 12.6. The Morgan fingerprint density at radius 2 is 1.83 bits per heavy atom. The molecule has 0 radical (unpaired) electrons. The summed E-state index contributed by atoms with van der Waals surface area (Å²) in [7, 11) is 3.28. The largest absolute Gasteiger partial charge is 0.496 e. The fourth-order valence-corrected chi connectivity index (χ4v) is 2.65. The van der Waals surface area contributed by atoms with Gasteiger partial charge in [0.1, 0.15) is 11.5 Å². The molecule has 0 saturated heterocycles. The molecule has 1 heterocycles. The van der Waals surface area contributed by atoms with Crippen LogP contribution in [0.4, 0.5) is 0 Å². The van der Waals surface area contributed by atoms with Gasteiger partial charge in [0.25, 0.3) is 0 Å². The second-order valence-electron chi connectivity index (χ2n) is 3.84. The quantitative estimate of drug-likeness (QED) is 0.790. The maximum atomic E-state index is 10.7. The van der Waals surface area contributed by atoms with E-state index in [1.54, 1.807) is 20.3 Å². The van der Waals surface area contributed by atoms with Crippen molar-refractivity contribution in [3.63, 3.8) is 0 Å². The van der Waals surface area contributed by atoms with Crippen LogP contribution in [0.25, 0.3) is 10.4 Å². The van der Waals surface area contributed by atoms with Gasteiger partial charge in [-0.05, 0) is 36.8 Å². The highest BCUT2D eigenvalue weighted by molar-refractivity contribution is 7.17. The molecule has 0 saturated carbocycles. The summed E-state index contributed by atoms with van der Waals surface area (Å²) in [4.78, 5) is 12.4. The van der Waals surface area contributed by atoms with Gasteiger partial charge in [-0.1, -0.05) is 0 Å². The third-order valence-electron chi connectivity index (χ3n) is 2.73. The van der Waals surface area contributed by atoms with E-state index in [1.165, 1.54) is 11.3 Å². The zero-order valence-electron chi connectivity index (χ0n) is 10.5. The fraction of sp³-hybridized carbons (Fsp3) is 0.214. The van der Waals surface area contributed by atoms with Crippen LogP contribution in [-0.4, -0.2) is 20.5 Å². The minimum Gasteiger partial charge on any atom is -0.496 e. The van der Waals surface area contributed by atoms with E-state index < -0.39 is 0 Å². The molecule has 0 aliphatic heterocycles. The van der Waals surface area contributed by atoms with E-state index in [-0.39, 0.29) is 0 Å². The van der Waals surface area contributed by atoms with Gasteiger partial charge in [0, 0.05) is 10.4 Å². The molecule has 0 aliphatic rings. The highest BCUT2D eigenvalue weighted by atomic mass is 32.1. The molecule has 0 N–H and O–H groups in total. The number of ether oxygens (including phenoxy) is 2. The van der Waals surface area contributed by atoms with Crippen LogP contribution in [0.2, 0.25) is 0 Å². The van der Waals surface area contributed by atoms with Gasteiger partial charge in [-0.25, -0.2) is 0 Å². The summed E-state index contributed by atoms with van der Waals surface area (Å²) in [6.45, 7) is 1.97. The van der Waals surface area contributed by atoms with E-state index >= 15 is 0 Å². The number of rotatable bonds is 4. The van der Waals surface area contributed by atoms with Crippen molar-refractivity contribution in [1.29, 1.82) is 0 Å². The molecular formula is C14H14O3S. The molecule has 0 atom stereocenters. The molecule has 1 aromatic heterocycles. The maximum absolute atomic E-state index is 10.7. The van der Waals surface area contributed by atoms with Crippen LogP contribution in [0.3, 0.4) is 0 Å². The number of hydrogen-bond acceptors (Lipinski definition) is 4. The average Bonchev–Trinajstić information content (AvgIpc) is 2.87. The predicted octanol–water partition coefficient (Wildman–Crippen LogP) is 3.55. The SMILES string of the molecule is COc1cc(-c2ccc(C=O)s2)c(OC)cc1C. The summed E-state index contributed by atoms with van der Waals surface area (Å²) >= 11 is 1.44. The zero-order chi connectivity index (χ0) is 13.1. The molecule has 3 nitrogen and oxygen atoms in total. The number of benzene rings is 1. The summed E-state index contributed by atoms with van der Waals surface area (Å²) in [6.07, 6.45) is 0.853. The zero-order valence-corrected chi connectivity index (χ0v) is 11.3. The molecule has 0 aliphatic carbocycles. The van der Waals surface area contributed by atoms with Gasteiger partial charge in [0.2, 0.25) is 0 Å². The van der Waals surface area contributed by atoms with E-state index in [2.05, 4.69) is 0 Å². The Labute approximate surface area is 110 Å². The normalized spacial score (nSPS) is 10.2. The Hall–Kier alpha value is -1.81. The molecule has 0 spiro atoms. The van der Waals surface area contributed by atoms with E-state index in [0.717, 1.165) is 33.8 Å². The van der Waals surface area contributed by atoms with Gasteiger partial charge in [0.15, 0.2) is 6.29 Å². The minimum absolute atomic E-state index is 0.701. The summed E-state index contributed by atoms with van der Waals surface area (Å²) in [5, 5.41) is 0. The first-order valence-electron chi connectivity index (χ1n) is 5.47. The van der Waals surface area contributed by atoms with Gasteiger partial charge in [-0.15, -0.1) is 11.3 Å². The van der Waals surface area contributed by atoms with Gasteiger partial charge >= 0.3 is 0 Å². The first-order chi connectivity index (χ1) is 8.69. The standard InChI is InChI=1S/C14H14O3S/c1-9-6-13(17-3)11(7-12(9)16-2)14-5-4-10(8-15)18-14/h4-8H,1-3H3. The first-order valence-corrected chi connectivity index (χ1v) is 6.29. The Balaban J connectivity index is 2.57. The molecular weight excluding hydrogens is 248 g/mol. The van der Waals surface area contributed by atoms with Crippen molar-refractivity contribution in [3.8, 4) is 21.9 Å². The number of aryl methyl sites for hydroxylation is 1. The Morgan fingerprint density at radius 1 is 1.11 bits per heavy atom. The number of hydrogen-bond donors (Lipinski definition) is 0. The van der Waals surface area contributed by atoms with Crippen molar-refractivity contribution in [2.45, 2.75) is 6.92 Å². The van der Waals surface area contributed by atoms with Gasteiger partial charge in [-0.3, -0.25) is 4.79 Å². The minimum atomic E-state index is 0.701. The van der Waals surface area contributed by atoms with Crippen LogP contribution in [0.1, 0.15) is 15.2 Å². The van der Waals surface area contributed by atoms with Crippen LogP contribution in [-0.2, 0) is 0 Å². The second kappa shape index (κ2) is 5.23. The van der Waals surface area contributed by atoms with Crippen molar-refractivity contribution in [2.75, 3.05) is 14.2 Å². The highest BCUT2D eigenvalue weighted by Gasteiger charge is 2.12. The molecule has 0 unspecified atom stereocenters. The van der Waals surface area contributed by atoms with Crippen LogP contribution in [0.5, 0.6) is 11.5 Å². The van der Waals surface area contributed by atoms with E-state index in [1.807, 2.05) is 25.1 Å². The number of thiophene rings is 1. The number of aldehydes is 1. The summed E-state index contributed by atoms with van der Waals surface area (Å²) in [5.41, 5.74) is 1.96. The van der Waals surface area contributed by atoms with Crippen molar-refractivity contribution in [1.82, 2.24) is 0 Å². The molecule has 94 valence electrons. The van der Waals surface area contributed by atoms with Crippen molar-refractivity contribution >= 4 is 17.6 Å². The van der Waals surface area contributed by atoms with E-state index in [0.29, 0.717) is 4.88 Å². The Morgan fingerprint density at radius 3 is 2.39 bits per heavy atom. The second-order valence-corrected chi connectivity index (χ2v) is 4.96. The molecule has 4 heteroatoms. The lowest BCUT2D eigenvalue weighted by molar-refractivity contribution is 0.112. The Bertz CT molecular complexity index is 572. The summed E-state index contributed by atoms with van der Waals surface area (Å²) in [5.74, 6) is 1.60. The van der Waals surface area contributed by atoms with E-state index in [4.69, 9.17) is 9.47 Å². The topological polar surface area (TPSA) is 35.5 Å². The fourth-order valence-electron chi connectivity index (χ4n) is 1.80. The molecule has 2 rings (SSSR count). The summed E-state index contributed by atoms with van der Waals surface area (Å²) < 4.78 is 10.7. The molecule has 2 aromatic rings. The third kappa shape index (κ3) is 2.24. The van der Waals surface area contributed by atoms with Crippen molar-refractivity contribution in [2.24, 2.45) is 0 Å². The number of methoxy groups -OCH3 is 2. The van der Waals surface area contributed by atoms with E-state index in [9.17, 15) is 4.79 Å². The molecule has 0 bridgehead atoms. The maximum Gasteiger partial charge on any atom is 0.160 e. The van der Waals surface area contributed by atoms with Crippen molar-refractivity contribution < 1.29 is 14.3 Å². The molecule has 18 heavy (non-hydrogen) atoms. The molecule has 1 aromatic carbocycles. The summed E-state index contributed by atoms with van der Waals surface area (Å²) in [6, 6.07) is 7.60. The van der Waals surface area contributed by atoms with Crippen LogP contribution >= 0.6 is 11.3 Å². The number of carbonyl (C=O) groups excluding carboxylic acids is 1. The third-order valence-corrected chi connectivity index (χ3v) is 3.77. The predicted molar refractivity (Wildman–Crippen MR) is 73.0 cm³/mol. The van der Waals surface area contributed by atoms with Crippen molar-refractivity contribution in [3.05, 3.63) is 34.7 Å². The lowest BCUT2D eigenvalue weighted by Gasteiger charge is -2.11. The van der Waals surface area contributed by atoms with Gasteiger partial charge < -0.3 is 9.47 Å². The van der Waals surface area contributed by atoms with Gasteiger partial charge in [0.05, 0.1) is 19.1 Å². The highest BCUT2D eigenvalue weighted by Crippen LogP contribution is 2.38. The number of carbonyl (C=O) groups is 1. The lowest BCUT2D eigenvalue weighted by atomic mass is 10.1. The lowest BCUT2D eigenvalue weighted by Crippen LogP contribution is -1.92. The Kier molecular flexibility index (Phi) is 3.67. The molecule has 0 fully saturated rings. The van der Waals surface area contributed by atoms with Crippen LogP contribution < -0.4 is 9.47 Å². The van der Waals surface area contributed by atoms with Crippen LogP contribution in [0, 0.1) is 6.92 Å². The molecule has 0 amide bonds.